The summed E-state index contributed by atoms with van der Waals surface area (Å²) < 4.78 is 6.47. The van der Waals surface area contributed by atoms with E-state index in [0.717, 1.165) is 4.47 Å². The fourth-order valence-electron chi connectivity index (χ4n) is 2.03. The van der Waals surface area contributed by atoms with E-state index in [4.69, 9.17) is 9.84 Å². The molecule has 0 spiro atoms. The van der Waals surface area contributed by atoms with E-state index in [-0.39, 0.29) is 31.4 Å². The fourth-order valence-corrected chi connectivity index (χ4v) is 2.29. The van der Waals surface area contributed by atoms with Gasteiger partial charge in [0.2, 0.25) is 5.91 Å². The van der Waals surface area contributed by atoms with Crippen molar-refractivity contribution in [2.24, 2.45) is 0 Å². The predicted octanol–water partition coefficient (Wildman–Crippen LogP) is 2.93. The molecule has 21 heavy (non-hydrogen) atoms. The zero-order valence-electron chi connectivity index (χ0n) is 12.2. The Morgan fingerprint density at radius 2 is 1.95 bits per heavy atom. The van der Waals surface area contributed by atoms with Crippen LogP contribution >= 0.6 is 15.9 Å². The highest BCUT2D eigenvalue weighted by Gasteiger charge is 2.20. The number of hydrogen-bond donors (Lipinski definition) is 1. The SMILES string of the molecule is CCN(C(=O)CCOc1ccc(Br)cc1)C(C)CC(=O)O. The molecule has 0 saturated heterocycles. The highest BCUT2D eigenvalue weighted by atomic mass is 79.9. The molecular weight excluding hydrogens is 338 g/mol. The number of rotatable bonds is 8. The van der Waals surface area contributed by atoms with E-state index in [9.17, 15) is 9.59 Å². The summed E-state index contributed by atoms with van der Waals surface area (Å²) in [6.45, 7) is 4.35. The van der Waals surface area contributed by atoms with Crippen molar-refractivity contribution in [2.45, 2.75) is 32.7 Å². The van der Waals surface area contributed by atoms with Crippen molar-refractivity contribution in [3.8, 4) is 5.75 Å². The van der Waals surface area contributed by atoms with Crippen LogP contribution in [0.25, 0.3) is 0 Å². The van der Waals surface area contributed by atoms with Crippen LogP contribution in [0.4, 0.5) is 0 Å². The lowest BCUT2D eigenvalue weighted by atomic mass is 10.2. The molecule has 6 heteroatoms. The summed E-state index contributed by atoms with van der Waals surface area (Å²) in [5.74, 6) is -0.296. The summed E-state index contributed by atoms with van der Waals surface area (Å²) in [6, 6.07) is 7.06. The average molecular weight is 358 g/mol. The van der Waals surface area contributed by atoms with E-state index in [0.29, 0.717) is 12.3 Å². The molecule has 0 saturated carbocycles. The van der Waals surface area contributed by atoms with Crippen molar-refractivity contribution in [3.63, 3.8) is 0 Å². The number of hydrogen-bond acceptors (Lipinski definition) is 3. The molecule has 0 radical (unpaired) electrons. The molecule has 116 valence electrons. The van der Waals surface area contributed by atoms with Crippen LogP contribution in [0, 0.1) is 0 Å². The van der Waals surface area contributed by atoms with E-state index in [1.54, 1.807) is 11.8 Å². The molecule has 0 heterocycles. The fraction of sp³-hybridized carbons (Fsp3) is 0.467. The number of amides is 1. The van der Waals surface area contributed by atoms with E-state index < -0.39 is 5.97 Å². The minimum absolute atomic E-state index is 0.0485. The first-order chi connectivity index (χ1) is 9.93. The second kappa shape index (κ2) is 8.67. The Morgan fingerprint density at radius 3 is 2.48 bits per heavy atom. The van der Waals surface area contributed by atoms with Crippen molar-refractivity contribution >= 4 is 27.8 Å². The van der Waals surface area contributed by atoms with E-state index in [2.05, 4.69) is 15.9 Å². The molecule has 1 unspecified atom stereocenters. The number of carbonyl (C=O) groups is 2. The predicted molar refractivity (Wildman–Crippen MR) is 83.4 cm³/mol. The van der Waals surface area contributed by atoms with Gasteiger partial charge >= 0.3 is 5.97 Å². The molecule has 1 N–H and O–H groups in total. The molecule has 0 aliphatic heterocycles. The van der Waals surface area contributed by atoms with Crippen LogP contribution in [0.3, 0.4) is 0 Å². The van der Waals surface area contributed by atoms with Crippen molar-refractivity contribution in [1.29, 1.82) is 0 Å². The summed E-state index contributed by atoms with van der Waals surface area (Å²) in [4.78, 5) is 24.4. The van der Waals surface area contributed by atoms with Crippen molar-refractivity contribution in [2.75, 3.05) is 13.2 Å². The average Bonchev–Trinajstić information content (AvgIpc) is 2.41. The number of carbonyl (C=O) groups excluding carboxylic acids is 1. The van der Waals surface area contributed by atoms with Crippen molar-refractivity contribution < 1.29 is 19.4 Å². The van der Waals surface area contributed by atoms with Crippen LogP contribution in [0.15, 0.2) is 28.7 Å². The Kier molecular flexibility index (Phi) is 7.22. The lowest BCUT2D eigenvalue weighted by Crippen LogP contribution is -2.40. The number of carboxylic acids is 1. The van der Waals surface area contributed by atoms with Gasteiger partial charge in [-0.2, -0.15) is 0 Å². The lowest BCUT2D eigenvalue weighted by Gasteiger charge is -2.27. The highest BCUT2D eigenvalue weighted by Crippen LogP contribution is 2.16. The normalized spacial score (nSPS) is 11.8. The summed E-state index contributed by atoms with van der Waals surface area (Å²) in [6.07, 6.45) is 0.182. The summed E-state index contributed by atoms with van der Waals surface area (Å²) in [5, 5.41) is 8.79. The Labute approximate surface area is 133 Å². The number of aliphatic carboxylic acids is 1. The van der Waals surface area contributed by atoms with Gasteiger partial charge in [-0.25, -0.2) is 0 Å². The van der Waals surface area contributed by atoms with E-state index in [1.165, 1.54) is 0 Å². The molecule has 0 aliphatic carbocycles. The number of benzene rings is 1. The second-order valence-electron chi connectivity index (χ2n) is 4.68. The minimum Gasteiger partial charge on any atom is -0.493 e. The molecule has 5 nitrogen and oxygen atoms in total. The lowest BCUT2D eigenvalue weighted by molar-refractivity contribution is -0.140. The molecule has 1 atom stereocenters. The first-order valence-electron chi connectivity index (χ1n) is 6.83. The smallest absolute Gasteiger partial charge is 0.305 e. The summed E-state index contributed by atoms with van der Waals surface area (Å²) in [7, 11) is 0. The third-order valence-electron chi connectivity index (χ3n) is 3.06. The Bertz CT molecular complexity index is 475. The number of ether oxygens (including phenoxy) is 1. The van der Waals surface area contributed by atoms with Gasteiger partial charge in [0.1, 0.15) is 5.75 Å². The van der Waals surface area contributed by atoms with Crippen LogP contribution in [-0.2, 0) is 9.59 Å². The van der Waals surface area contributed by atoms with Gasteiger partial charge in [0, 0.05) is 17.1 Å². The molecule has 1 aromatic rings. The van der Waals surface area contributed by atoms with E-state index in [1.807, 2.05) is 31.2 Å². The van der Waals surface area contributed by atoms with Gasteiger partial charge in [-0.15, -0.1) is 0 Å². The zero-order valence-corrected chi connectivity index (χ0v) is 13.8. The van der Waals surface area contributed by atoms with Crippen LogP contribution in [0.1, 0.15) is 26.7 Å². The molecular formula is C15H20BrNO4. The monoisotopic (exact) mass is 357 g/mol. The Morgan fingerprint density at radius 1 is 1.33 bits per heavy atom. The maximum atomic E-state index is 12.1. The van der Waals surface area contributed by atoms with Crippen LogP contribution in [-0.4, -0.2) is 41.1 Å². The van der Waals surface area contributed by atoms with Gasteiger partial charge < -0.3 is 14.7 Å². The van der Waals surface area contributed by atoms with Crippen LogP contribution < -0.4 is 4.74 Å². The third kappa shape index (κ3) is 6.16. The van der Waals surface area contributed by atoms with Gasteiger partial charge in [-0.3, -0.25) is 9.59 Å². The number of nitrogens with zero attached hydrogens (tertiary/aromatic N) is 1. The van der Waals surface area contributed by atoms with Crippen LogP contribution in [0.2, 0.25) is 0 Å². The third-order valence-corrected chi connectivity index (χ3v) is 3.59. The summed E-state index contributed by atoms with van der Waals surface area (Å²) in [5.41, 5.74) is 0. The first-order valence-corrected chi connectivity index (χ1v) is 7.63. The molecule has 0 aromatic heterocycles. The Balaban J connectivity index is 2.43. The maximum absolute atomic E-state index is 12.1. The van der Waals surface area contributed by atoms with Crippen molar-refractivity contribution in [1.82, 2.24) is 4.90 Å². The molecule has 1 amide bonds. The number of carboxylic acid groups (broad SMARTS) is 1. The van der Waals surface area contributed by atoms with E-state index >= 15 is 0 Å². The van der Waals surface area contributed by atoms with Gasteiger partial charge in [-0.05, 0) is 38.1 Å². The topological polar surface area (TPSA) is 66.8 Å². The van der Waals surface area contributed by atoms with Crippen molar-refractivity contribution in [3.05, 3.63) is 28.7 Å². The highest BCUT2D eigenvalue weighted by molar-refractivity contribution is 9.10. The molecule has 0 fully saturated rings. The van der Waals surface area contributed by atoms with Gasteiger partial charge in [0.25, 0.3) is 0 Å². The maximum Gasteiger partial charge on any atom is 0.305 e. The largest absolute Gasteiger partial charge is 0.493 e. The standard InChI is InChI=1S/C15H20BrNO4/c1-3-17(11(2)10-15(19)20)14(18)8-9-21-13-6-4-12(16)5-7-13/h4-7,11H,3,8-10H2,1-2H3,(H,19,20). The van der Waals surface area contributed by atoms with Gasteiger partial charge in [0.15, 0.2) is 0 Å². The quantitative estimate of drug-likeness (QED) is 0.776. The van der Waals surface area contributed by atoms with Gasteiger partial charge in [0.05, 0.1) is 19.4 Å². The van der Waals surface area contributed by atoms with Gasteiger partial charge in [-0.1, -0.05) is 15.9 Å². The second-order valence-corrected chi connectivity index (χ2v) is 5.59. The number of halogens is 1. The molecule has 0 bridgehead atoms. The molecule has 1 rings (SSSR count). The zero-order chi connectivity index (χ0) is 15.8. The first kappa shape index (κ1) is 17.5. The molecule has 1 aromatic carbocycles. The molecule has 0 aliphatic rings. The minimum atomic E-state index is -0.903. The van der Waals surface area contributed by atoms with Crippen LogP contribution in [0.5, 0.6) is 5.75 Å². The summed E-state index contributed by atoms with van der Waals surface area (Å²) >= 11 is 3.34. The Hall–Kier alpha value is -1.56.